The van der Waals surface area contributed by atoms with Gasteiger partial charge in [0.15, 0.2) is 11.0 Å². The number of carbonyl (C=O) groups excluding carboxylic acids is 2. The molecule has 0 saturated heterocycles. The maximum absolute atomic E-state index is 12.7. The highest BCUT2D eigenvalue weighted by Crippen LogP contribution is 2.28. The van der Waals surface area contributed by atoms with Crippen LogP contribution in [-0.4, -0.2) is 37.3 Å². The fourth-order valence-corrected chi connectivity index (χ4v) is 4.40. The third-order valence-electron chi connectivity index (χ3n) is 5.18. The maximum Gasteiger partial charge on any atom is 0.234 e. The van der Waals surface area contributed by atoms with Gasteiger partial charge in [0, 0.05) is 41.4 Å². The first kappa shape index (κ1) is 20.9. The summed E-state index contributed by atoms with van der Waals surface area (Å²) in [6, 6.07) is 19.1. The molecule has 0 radical (unpaired) electrons. The fourth-order valence-electron chi connectivity index (χ4n) is 3.64. The molecule has 5 rings (SSSR count). The molecule has 164 valence electrons. The van der Waals surface area contributed by atoms with Gasteiger partial charge in [-0.15, -0.1) is 10.2 Å². The molecule has 4 aromatic rings. The van der Waals surface area contributed by atoms with E-state index in [1.807, 2.05) is 59.2 Å². The van der Waals surface area contributed by atoms with Crippen molar-refractivity contribution >= 4 is 35.0 Å². The van der Waals surface area contributed by atoms with E-state index in [0.29, 0.717) is 29.5 Å². The van der Waals surface area contributed by atoms with Gasteiger partial charge in [-0.05, 0) is 54.4 Å². The smallest absolute Gasteiger partial charge is 0.234 e. The molecule has 9 heteroatoms. The third-order valence-corrected chi connectivity index (χ3v) is 6.11. The minimum atomic E-state index is -0.148. The molecule has 1 aliphatic heterocycles. The molecular formula is C24H20N6O2S. The van der Waals surface area contributed by atoms with E-state index in [1.54, 1.807) is 18.5 Å². The second-order valence-corrected chi connectivity index (χ2v) is 8.42. The quantitative estimate of drug-likeness (QED) is 0.426. The number of aryl methyl sites for hydroxylation is 1. The van der Waals surface area contributed by atoms with Crippen LogP contribution in [0.25, 0.3) is 17.1 Å². The van der Waals surface area contributed by atoms with Crippen molar-refractivity contribution in [3.63, 3.8) is 0 Å². The molecule has 2 aromatic carbocycles. The van der Waals surface area contributed by atoms with Crippen molar-refractivity contribution in [3.8, 4) is 17.1 Å². The van der Waals surface area contributed by atoms with Crippen molar-refractivity contribution in [1.29, 1.82) is 0 Å². The van der Waals surface area contributed by atoms with Crippen LogP contribution in [0.15, 0.2) is 78.2 Å². The number of carbonyl (C=O) groups is 2. The molecule has 0 spiro atoms. The van der Waals surface area contributed by atoms with Gasteiger partial charge in [0.25, 0.3) is 0 Å². The molecule has 0 atom stereocenters. The van der Waals surface area contributed by atoms with E-state index >= 15 is 0 Å². The first-order valence-electron chi connectivity index (χ1n) is 10.4. The molecule has 0 bridgehead atoms. The minimum absolute atomic E-state index is 0.0175. The number of benzene rings is 2. The number of fused-ring (bicyclic) bond motifs is 1. The van der Waals surface area contributed by atoms with Gasteiger partial charge < -0.3 is 10.6 Å². The summed E-state index contributed by atoms with van der Waals surface area (Å²) >= 11 is 1.31. The number of nitrogens with one attached hydrogen (secondary N) is 2. The van der Waals surface area contributed by atoms with Gasteiger partial charge >= 0.3 is 0 Å². The summed E-state index contributed by atoms with van der Waals surface area (Å²) in [5.74, 6) is 0.703. The second kappa shape index (κ2) is 9.25. The van der Waals surface area contributed by atoms with Crippen molar-refractivity contribution in [1.82, 2.24) is 19.7 Å². The van der Waals surface area contributed by atoms with Crippen LogP contribution in [-0.2, 0) is 16.0 Å². The number of amides is 2. The van der Waals surface area contributed by atoms with E-state index in [-0.39, 0.29) is 17.6 Å². The van der Waals surface area contributed by atoms with E-state index in [0.717, 1.165) is 22.5 Å². The van der Waals surface area contributed by atoms with Crippen LogP contribution < -0.4 is 10.6 Å². The Kier molecular flexibility index (Phi) is 5.86. The Morgan fingerprint density at radius 1 is 1.06 bits per heavy atom. The Labute approximate surface area is 194 Å². The third kappa shape index (κ3) is 4.63. The van der Waals surface area contributed by atoms with E-state index in [4.69, 9.17) is 0 Å². The van der Waals surface area contributed by atoms with E-state index < -0.39 is 0 Å². The highest BCUT2D eigenvalue weighted by Gasteiger charge is 2.18. The summed E-state index contributed by atoms with van der Waals surface area (Å²) < 4.78 is 1.93. The maximum atomic E-state index is 12.7. The van der Waals surface area contributed by atoms with Crippen molar-refractivity contribution in [2.24, 2.45) is 0 Å². The number of aromatic nitrogens is 4. The molecule has 0 fully saturated rings. The van der Waals surface area contributed by atoms with Crippen LogP contribution in [0.5, 0.6) is 0 Å². The number of hydrogen-bond acceptors (Lipinski definition) is 6. The molecule has 2 amide bonds. The standard InChI is InChI=1S/C24H20N6O2S/c31-21-11-8-16-13-18(9-10-20(16)27-21)26-22(32)15-33-24-29-28-23(17-5-4-12-25-14-17)30(24)19-6-2-1-3-7-19/h1-7,9-10,12-14H,8,11,15H2,(H,26,32)(H,27,31). The van der Waals surface area contributed by atoms with Crippen LogP contribution in [0.1, 0.15) is 12.0 Å². The predicted octanol–water partition coefficient (Wildman–Crippen LogP) is 3.94. The number of anilines is 2. The molecule has 2 aromatic heterocycles. The summed E-state index contributed by atoms with van der Waals surface area (Å²) in [7, 11) is 0. The largest absolute Gasteiger partial charge is 0.326 e. The van der Waals surface area contributed by atoms with Crippen LogP contribution in [0, 0.1) is 0 Å². The van der Waals surface area contributed by atoms with E-state index in [9.17, 15) is 9.59 Å². The minimum Gasteiger partial charge on any atom is -0.326 e. The van der Waals surface area contributed by atoms with Crippen molar-refractivity contribution < 1.29 is 9.59 Å². The average molecular weight is 457 g/mol. The average Bonchev–Trinajstić information content (AvgIpc) is 3.28. The molecule has 0 aliphatic carbocycles. The molecule has 33 heavy (non-hydrogen) atoms. The molecule has 0 unspecified atom stereocenters. The van der Waals surface area contributed by atoms with Crippen LogP contribution in [0.3, 0.4) is 0 Å². The number of para-hydroxylation sites is 1. The van der Waals surface area contributed by atoms with Gasteiger partial charge in [0.2, 0.25) is 11.8 Å². The number of hydrogen-bond donors (Lipinski definition) is 2. The van der Waals surface area contributed by atoms with Crippen LogP contribution in [0.4, 0.5) is 11.4 Å². The highest BCUT2D eigenvalue weighted by atomic mass is 32.2. The Bertz CT molecular complexity index is 1310. The first-order valence-corrected chi connectivity index (χ1v) is 11.4. The normalized spacial score (nSPS) is 12.7. The molecule has 0 saturated carbocycles. The summed E-state index contributed by atoms with van der Waals surface area (Å²) in [4.78, 5) is 28.4. The predicted molar refractivity (Wildman–Crippen MR) is 127 cm³/mol. The van der Waals surface area contributed by atoms with Gasteiger partial charge in [-0.1, -0.05) is 30.0 Å². The Morgan fingerprint density at radius 2 is 1.94 bits per heavy atom. The van der Waals surface area contributed by atoms with Crippen molar-refractivity contribution in [2.45, 2.75) is 18.0 Å². The first-order chi connectivity index (χ1) is 16.2. The lowest BCUT2D eigenvalue weighted by molar-refractivity contribution is -0.116. The zero-order chi connectivity index (χ0) is 22.6. The summed E-state index contributed by atoms with van der Waals surface area (Å²) in [5, 5.41) is 15.1. The summed E-state index contributed by atoms with van der Waals surface area (Å²) in [5.41, 5.74) is 4.27. The van der Waals surface area contributed by atoms with Gasteiger partial charge in [-0.2, -0.15) is 0 Å². The van der Waals surface area contributed by atoms with Gasteiger partial charge in [0.05, 0.1) is 5.75 Å². The van der Waals surface area contributed by atoms with Crippen LogP contribution in [0.2, 0.25) is 0 Å². The fraction of sp³-hybridized carbons (Fsp3) is 0.125. The van der Waals surface area contributed by atoms with Crippen LogP contribution >= 0.6 is 11.8 Å². The van der Waals surface area contributed by atoms with E-state index in [1.165, 1.54) is 11.8 Å². The van der Waals surface area contributed by atoms with Crippen molar-refractivity contribution in [3.05, 3.63) is 78.6 Å². The highest BCUT2D eigenvalue weighted by molar-refractivity contribution is 7.99. The molecule has 2 N–H and O–H groups in total. The van der Waals surface area contributed by atoms with Gasteiger partial charge in [0.1, 0.15) is 0 Å². The zero-order valence-electron chi connectivity index (χ0n) is 17.6. The Morgan fingerprint density at radius 3 is 2.76 bits per heavy atom. The SMILES string of the molecule is O=C(CSc1nnc(-c2cccnc2)n1-c1ccccc1)Nc1ccc2c(c1)CCC(=O)N2. The van der Waals surface area contributed by atoms with Gasteiger partial charge in [-0.3, -0.25) is 19.1 Å². The topological polar surface area (TPSA) is 102 Å². The molecule has 8 nitrogen and oxygen atoms in total. The summed E-state index contributed by atoms with van der Waals surface area (Å²) in [6.45, 7) is 0. The number of rotatable bonds is 6. The van der Waals surface area contributed by atoms with E-state index in [2.05, 4.69) is 25.8 Å². The Hall–Kier alpha value is -3.98. The lowest BCUT2D eigenvalue weighted by Gasteiger charge is -2.17. The Balaban J connectivity index is 1.33. The van der Waals surface area contributed by atoms with Crippen molar-refractivity contribution in [2.75, 3.05) is 16.4 Å². The number of thioether (sulfide) groups is 1. The van der Waals surface area contributed by atoms with Gasteiger partial charge in [-0.25, -0.2) is 0 Å². The zero-order valence-corrected chi connectivity index (χ0v) is 18.4. The molecule has 3 heterocycles. The second-order valence-electron chi connectivity index (χ2n) is 7.48. The summed E-state index contributed by atoms with van der Waals surface area (Å²) in [6.07, 6.45) is 4.57. The number of nitrogens with zero attached hydrogens (tertiary/aromatic N) is 4. The molecule has 1 aliphatic rings. The lowest BCUT2D eigenvalue weighted by atomic mass is 10.0. The lowest BCUT2D eigenvalue weighted by Crippen LogP contribution is -2.20. The molecular weight excluding hydrogens is 436 g/mol. The number of pyridine rings is 1. The monoisotopic (exact) mass is 456 g/mol.